The molecular formula is C24H31F3N2O3. The molecule has 4 N–H and O–H groups in total. The standard InChI is InChI=1S/C22H30N2O.C2HF3O2/c1-17(24-16-22(23)14-6-3-7-15-22)18-10-12-19(13-11-18)20-8-4-5-9-21(20)25-2;3-2(4,5)1(6)7/h4-5,8-13,17,24H,3,6-7,14-16,23H2,1-2H3;(H,6,7). The second-order valence-electron chi connectivity index (χ2n) is 8.15. The normalized spacial score (nSPS) is 16.4. The number of nitrogens with two attached hydrogens (primary N) is 1. The van der Waals surface area contributed by atoms with E-state index in [9.17, 15) is 13.2 Å². The Morgan fingerprint density at radius 3 is 2.22 bits per heavy atom. The molecule has 1 atom stereocenters. The number of ether oxygens (including phenoxy) is 1. The Morgan fingerprint density at radius 2 is 1.69 bits per heavy atom. The maximum Gasteiger partial charge on any atom is 0.490 e. The fraction of sp³-hybridized carbons (Fsp3) is 0.458. The number of halogens is 3. The number of nitrogens with one attached hydrogen (secondary N) is 1. The van der Waals surface area contributed by atoms with Crippen LogP contribution in [0.3, 0.4) is 0 Å². The number of methoxy groups -OCH3 is 1. The molecule has 32 heavy (non-hydrogen) atoms. The van der Waals surface area contributed by atoms with E-state index in [1.165, 1.54) is 30.4 Å². The van der Waals surface area contributed by atoms with E-state index in [-0.39, 0.29) is 5.54 Å². The Morgan fingerprint density at radius 1 is 1.12 bits per heavy atom. The van der Waals surface area contributed by atoms with Crippen LogP contribution in [0.15, 0.2) is 48.5 Å². The van der Waals surface area contributed by atoms with Gasteiger partial charge in [-0.2, -0.15) is 13.2 Å². The van der Waals surface area contributed by atoms with E-state index in [2.05, 4.69) is 42.6 Å². The summed E-state index contributed by atoms with van der Waals surface area (Å²) in [5.41, 5.74) is 10.1. The maximum absolute atomic E-state index is 10.6. The largest absolute Gasteiger partial charge is 0.496 e. The van der Waals surface area contributed by atoms with Crippen LogP contribution in [0.4, 0.5) is 13.2 Å². The summed E-state index contributed by atoms with van der Waals surface area (Å²) < 4.78 is 37.2. The van der Waals surface area contributed by atoms with E-state index in [1.54, 1.807) is 7.11 Å². The van der Waals surface area contributed by atoms with E-state index in [0.29, 0.717) is 6.04 Å². The quantitative estimate of drug-likeness (QED) is 0.553. The Bertz CT molecular complexity index is 864. The molecule has 1 unspecified atom stereocenters. The SMILES string of the molecule is COc1ccccc1-c1ccc(C(C)NCC2(N)CCCCC2)cc1.O=C(O)C(F)(F)F. The van der Waals surface area contributed by atoms with Crippen LogP contribution in [0.5, 0.6) is 5.75 Å². The number of carbonyl (C=O) groups is 1. The van der Waals surface area contributed by atoms with Crippen molar-refractivity contribution in [2.45, 2.75) is 56.8 Å². The Kier molecular flexibility index (Phi) is 9.09. The van der Waals surface area contributed by atoms with Gasteiger partial charge in [-0.15, -0.1) is 0 Å². The van der Waals surface area contributed by atoms with Gasteiger partial charge in [0.2, 0.25) is 0 Å². The molecular weight excluding hydrogens is 421 g/mol. The molecule has 0 aliphatic heterocycles. The van der Waals surface area contributed by atoms with Gasteiger partial charge in [0.15, 0.2) is 0 Å². The number of hydrogen-bond donors (Lipinski definition) is 3. The molecule has 5 nitrogen and oxygen atoms in total. The van der Waals surface area contributed by atoms with Crippen LogP contribution in [0.1, 0.15) is 50.6 Å². The molecule has 2 aromatic carbocycles. The molecule has 1 saturated carbocycles. The van der Waals surface area contributed by atoms with Gasteiger partial charge in [-0.25, -0.2) is 4.79 Å². The Hall–Kier alpha value is -2.58. The van der Waals surface area contributed by atoms with Gasteiger partial charge >= 0.3 is 12.1 Å². The zero-order chi connectivity index (χ0) is 23.8. The molecule has 0 heterocycles. The van der Waals surface area contributed by atoms with Gasteiger partial charge < -0.3 is 20.9 Å². The topological polar surface area (TPSA) is 84.6 Å². The molecule has 3 rings (SSSR count). The molecule has 0 saturated heterocycles. The average molecular weight is 453 g/mol. The van der Waals surface area contributed by atoms with E-state index in [0.717, 1.165) is 30.7 Å². The number of para-hydroxylation sites is 1. The summed E-state index contributed by atoms with van der Waals surface area (Å²) in [4.78, 5) is 8.90. The lowest BCUT2D eigenvalue weighted by Crippen LogP contribution is -2.50. The van der Waals surface area contributed by atoms with Crippen molar-refractivity contribution >= 4 is 5.97 Å². The summed E-state index contributed by atoms with van der Waals surface area (Å²) in [6.45, 7) is 3.10. The minimum Gasteiger partial charge on any atom is -0.496 e. The molecule has 0 radical (unpaired) electrons. The van der Waals surface area contributed by atoms with Gasteiger partial charge in [0.25, 0.3) is 0 Å². The number of carboxylic acid groups (broad SMARTS) is 1. The van der Waals surface area contributed by atoms with Gasteiger partial charge in [0.05, 0.1) is 7.11 Å². The minimum absolute atomic E-state index is 0.0240. The summed E-state index contributed by atoms with van der Waals surface area (Å²) in [7, 11) is 1.72. The smallest absolute Gasteiger partial charge is 0.490 e. The van der Waals surface area contributed by atoms with Gasteiger partial charge in [0.1, 0.15) is 5.75 Å². The predicted molar refractivity (Wildman–Crippen MR) is 119 cm³/mol. The monoisotopic (exact) mass is 452 g/mol. The highest BCUT2D eigenvalue weighted by molar-refractivity contribution is 5.73. The van der Waals surface area contributed by atoms with Crippen LogP contribution >= 0.6 is 0 Å². The third-order valence-corrected chi connectivity index (χ3v) is 5.68. The number of carboxylic acids is 1. The second-order valence-corrected chi connectivity index (χ2v) is 8.15. The van der Waals surface area contributed by atoms with Crippen LogP contribution in [-0.4, -0.2) is 36.4 Å². The Labute approximate surface area is 186 Å². The van der Waals surface area contributed by atoms with Crippen molar-refractivity contribution in [2.75, 3.05) is 13.7 Å². The molecule has 1 aliphatic carbocycles. The van der Waals surface area contributed by atoms with Crippen molar-refractivity contribution in [1.29, 1.82) is 0 Å². The predicted octanol–water partition coefficient (Wildman–Crippen LogP) is 5.31. The highest BCUT2D eigenvalue weighted by Gasteiger charge is 2.38. The lowest BCUT2D eigenvalue weighted by atomic mass is 9.82. The first kappa shape index (κ1) is 25.7. The van der Waals surface area contributed by atoms with Crippen molar-refractivity contribution < 1.29 is 27.8 Å². The summed E-state index contributed by atoms with van der Waals surface area (Å²) in [6.07, 6.45) is 1.05. The van der Waals surface area contributed by atoms with Crippen molar-refractivity contribution in [2.24, 2.45) is 5.73 Å². The van der Waals surface area contributed by atoms with E-state index >= 15 is 0 Å². The molecule has 2 aromatic rings. The summed E-state index contributed by atoms with van der Waals surface area (Å²) in [5.74, 6) is -1.85. The van der Waals surface area contributed by atoms with Crippen molar-refractivity contribution in [3.05, 3.63) is 54.1 Å². The van der Waals surface area contributed by atoms with Gasteiger partial charge in [0, 0.05) is 23.7 Å². The molecule has 8 heteroatoms. The molecule has 0 spiro atoms. The Balaban J connectivity index is 0.000000451. The lowest BCUT2D eigenvalue weighted by molar-refractivity contribution is -0.192. The molecule has 1 fully saturated rings. The lowest BCUT2D eigenvalue weighted by Gasteiger charge is -2.34. The summed E-state index contributed by atoms with van der Waals surface area (Å²) in [5, 5.41) is 10.8. The number of rotatable bonds is 6. The van der Waals surface area contributed by atoms with Crippen molar-refractivity contribution in [3.8, 4) is 16.9 Å². The first-order valence-electron chi connectivity index (χ1n) is 10.6. The van der Waals surface area contributed by atoms with E-state index in [1.807, 2.05) is 18.2 Å². The summed E-state index contributed by atoms with van der Waals surface area (Å²) in [6, 6.07) is 17.2. The third kappa shape index (κ3) is 7.53. The van der Waals surface area contributed by atoms with E-state index in [4.69, 9.17) is 20.4 Å². The molecule has 0 bridgehead atoms. The fourth-order valence-electron chi connectivity index (χ4n) is 3.74. The van der Waals surface area contributed by atoms with E-state index < -0.39 is 12.1 Å². The highest BCUT2D eigenvalue weighted by atomic mass is 19.4. The molecule has 1 aliphatic rings. The second kappa shape index (κ2) is 11.3. The first-order valence-corrected chi connectivity index (χ1v) is 10.6. The van der Waals surface area contributed by atoms with Gasteiger partial charge in [-0.1, -0.05) is 61.7 Å². The van der Waals surface area contributed by atoms with Crippen LogP contribution in [-0.2, 0) is 4.79 Å². The molecule has 176 valence electrons. The average Bonchev–Trinajstić information content (AvgIpc) is 2.78. The van der Waals surface area contributed by atoms with Crippen molar-refractivity contribution in [1.82, 2.24) is 5.32 Å². The van der Waals surface area contributed by atoms with Crippen molar-refractivity contribution in [3.63, 3.8) is 0 Å². The zero-order valence-corrected chi connectivity index (χ0v) is 18.4. The molecule has 0 amide bonds. The number of hydrogen-bond acceptors (Lipinski definition) is 4. The highest BCUT2D eigenvalue weighted by Crippen LogP contribution is 2.30. The summed E-state index contributed by atoms with van der Waals surface area (Å²) >= 11 is 0. The third-order valence-electron chi connectivity index (χ3n) is 5.68. The van der Waals surface area contributed by atoms with Crippen LogP contribution in [0.25, 0.3) is 11.1 Å². The first-order chi connectivity index (χ1) is 15.1. The maximum atomic E-state index is 10.6. The molecule has 0 aromatic heterocycles. The van der Waals surface area contributed by atoms with Crippen LogP contribution < -0.4 is 15.8 Å². The number of benzene rings is 2. The van der Waals surface area contributed by atoms with Gasteiger partial charge in [-0.3, -0.25) is 0 Å². The minimum atomic E-state index is -5.08. The zero-order valence-electron chi connectivity index (χ0n) is 18.4. The number of aliphatic carboxylic acids is 1. The van der Waals surface area contributed by atoms with Crippen LogP contribution in [0.2, 0.25) is 0 Å². The van der Waals surface area contributed by atoms with Gasteiger partial charge in [-0.05, 0) is 37.0 Å². The number of alkyl halides is 3. The fourth-order valence-corrected chi connectivity index (χ4v) is 3.74. The van der Waals surface area contributed by atoms with Crippen LogP contribution in [0, 0.1) is 0 Å².